The molecule has 2 rings (SSSR count). The molecule has 0 atom stereocenters. The Bertz CT molecular complexity index is 369. The van der Waals surface area contributed by atoms with Crippen LogP contribution in [0.2, 0.25) is 0 Å². The topological polar surface area (TPSA) is 24.1 Å². The molecule has 17 heavy (non-hydrogen) atoms. The zero-order valence-corrected chi connectivity index (χ0v) is 11.7. The molecule has 4 heteroatoms. The summed E-state index contributed by atoms with van der Waals surface area (Å²) in [6, 6.07) is 10.0. The van der Waals surface area contributed by atoms with Crippen LogP contribution in [0, 0.1) is 0 Å². The smallest absolute Gasteiger partial charge is 0.170 e. The lowest BCUT2D eigenvalue weighted by atomic mass is 9.84. The van der Waals surface area contributed by atoms with Crippen molar-refractivity contribution in [1.82, 2.24) is 5.32 Å². The van der Waals surface area contributed by atoms with Gasteiger partial charge in [-0.2, -0.15) is 11.8 Å². The van der Waals surface area contributed by atoms with Crippen molar-refractivity contribution in [1.29, 1.82) is 0 Å². The molecule has 0 bridgehead atoms. The first-order valence-electron chi connectivity index (χ1n) is 5.89. The van der Waals surface area contributed by atoms with Gasteiger partial charge in [0.15, 0.2) is 5.11 Å². The predicted octanol–water partition coefficient (Wildman–Crippen LogP) is 3.26. The average Bonchev–Trinajstić information content (AvgIpc) is 2.29. The van der Waals surface area contributed by atoms with Gasteiger partial charge in [0.25, 0.3) is 0 Å². The maximum atomic E-state index is 5.29. The number of thiocarbonyl (C=S) groups is 1. The van der Waals surface area contributed by atoms with E-state index in [4.69, 9.17) is 12.2 Å². The summed E-state index contributed by atoms with van der Waals surface area (Å²) in [7, 11) is 0. The first-order valence-corrected chi connectivity index (χ1v) is 7.52. The van der Waals surface area contributed by atoms with Crippen LogP contribution in [0.3, 0.4) is 0 Å². The SMILES string of the molecule is CSC1(CNC(=S)Nc2ccccc2)CCC1. The van der Waals surface area contributed by atoms with Gasteiger partial charge < -0.3 is 10.6 Å². The number of nitrogens with one attached hydrogen (secondary N) is 2. The number of hydrogen-bond donors (Lipinski definition) is 2. The Morgan fingerprint density at radius 3 is 2.59 bits per heavy atom. The summed E-state index contributed by atoms with van der Waals surface area (Å²) in [5.41, 5.74) is 1.04. The fourth-order valence-corrected chi connectivity index (χ4v) is 3.07. The lowest BCUT2D eigenvalue weighted by molar-refractivity contribution is 0.362. The standard InChI is InChI=1S/C13H18N2S2/c1-17-13(8-5-9-13)10-14-12(16)15-11-6-3-2-4-7-11/h2-4,6-7H,5,8-10H2,1H3,(H2,14,15,16). The molecule has 1 fully saturated rings. The van der Waals surface area contributed by atoms with E-state index in [0.29, 0.717) is 4.75 Å². The molecule has 2 N–H and O–H groups in total. The molecule has 1 saturated carbocycles. The van der Waals surface area contributed by atoms with Gasteiger partial charge in [-0.1, -0.05) is 24.6 Å². The van der Waals surface area contributed by atoms with Crippen LogP contribution in [0.15, 0.2) is 30.3 Å². The van der Waals surface area contributed by atoms with E-state index in [2.05, 4.69) is 16.9 Å². The van der Waals surface area contributed by atoms with Gasteiger partial charge in [-0.3, -0.25) is 0 Å². The normalized spacial score (nSPS) is 17.0. The van der Waals surface area contributed by atoms with Crippen molar-refractivity contribution in [3.8, 4) is 0 Å². The summed E-state index contributed by atoms with van der Waals surface area (Å²) in [6.07, 6.45) is 6.14. The highest BCUT2D eigenvalue weighted by molar-refractivity contribution is 8.00. The first kappa shape index (κ1) is 12.7. The van der Waals surface area contributed by atoms with Crippen molar-refractivity contribution >= 4 is 34.8 Å². The van der Waals surface area contributed by atoms with Gasteiger partial charge in [0.2, 0.25) is 0 Å². The van der Waals surface area contributed by atoms with E-state index in [1.165, 1.54) is 19.3 Å². The van der Waals surface area contributed by atoms with Crippen molar-refractivity contribution in [2.24, 2.45) is 0 Å². The largest absolute Gasteiger partial charge is 0.361 e. The minimum absolute atomic E-state index is 0.419. The third kappa shape index (κ3) is 3.36. The lowest BCUT2D eigenvalue weighted by Crippen LogP contribution is -2.46. The average molecular weight is 266 g/mol. The van der Waals surface area contributed by atoms with Gasteiger partial charge >= 0.3 is 0 Å². The van der Waals surface area contributed by atoms with Crippen LogP contribution in [-0.2, 0) is 0 Å². The molecule has 2 nitrogen and oxygen atoms in total. The molecule has 92 valence electrons. The molecule has 0 amide bonds. The molecule has 0 radical (unpaired) electrons. The van der Waals surface area contributed by atoms with Gasteiger partial charge in [0, 0.05) is 17.0 Å². The minimum atomic E-state index is 0.419. The molecule has 1 aromatic carbocycles. The molecule has 1 aliphatic rings. The summed E-state index contributed by atoms with van der Waals surface area (Å²) in [6.45, 7) is 0.965. The van der Waals surface area contributed by atoms with Gasteiger partial charge in [-0.15, -0.1) is 0 Å². The predicted molar refractivity (Wildman–Crippen MR) is 80.8 cm³/mol. The van der Waals surface area contributed by atoms with Crippen molar-refractivity contribution < 1.29 is 0 Å². The van der Waals surface area contributed by atoms with Crippen molar-refractivity contribution in [3.63, 3.8) is 0 Å². The summed E-state index contributed by atoms with van der Waals surface area (Å²) in [5, 5.41) is 7.24. The Morgan fingerprint density at radius 1 is 1.35 bits per heavy atom. The van der Waals surface area contributed by atoms with Gasteiger partial charge in [-0.05, 0) is 43.4 Å². The molecule has 1 aliphatic carbocycles. The Kier molecular flexibility index (Phi) is 4.29. The first-order chi connectivity index (χ1) is 8.24. The van der Waals surface area contributed by atoms with Crippen LogP contribution < -0.4 is 10.6 Å². The number of hydrogen-bond acceptors (Lipinski definition) is 2. The van der Waals surface area contributed by atoms with E-state index in [1.54, 1.807) is 0 Å². The Labute approximate surface area is 113 Å². The fraction of sp³-hybridized carbons (Fsp3) is 0.462. The van der Waals surface area contributed by atoms with E-state index in [-0.39, 0.29) is 0 Å². The lowest BCUT2D eigenvalue weighted by Gasteiger charge is -2.40. The van der Waals surface area contributed by atoms with E-state index >= 15 is 0 Å². The van der Waals surface area contributed by atoms with Crippen LogP contribution in [0.5, 0.6) is 0 Å². The molecule has 0 aliphatic heterocycles. The van der Waals surface area contributed by atoms with Crippen LogP contribution in [0.1, 0.15) is 19.3 Å². The van der Waals surface area contributed by atoms with E-state index < -0.39 is 0 Å². The van der Waals surface area contributed by atoms with E-state index in [1.807, 2.05) is 42.1 Å². The highest BCUT2D eigenvalue weighted by Gasteiger charge is 2.35. The number of thioether (sulfide) groups is 1. The van der Waals surface area contributed by atoms with Crippen molar-refractivity contribution in [3.05, 3.63) is 30.3 Å². The molecule has 0 unspecified atom stereocenters. The molecule has 0 aromatic heterocycles. The summed E-state index contributed by atoms with van der Waals surface area (Å²) >= 11 is 7.25. The number of benzene rings is 1. The molecular formula is C13H18N2S2. The third-order valence-corrected chi connectivity index (χ3v) is 4.97. The Balaban J connectivity index is 1.78. The zero-order chi connectivity index (χ0) is 12.1. The van der Waals surface area contributed by atoms with Crippen molar-refractivity contribution in [2.75, 3.05) is 18.1 Å². The van der Waals surface area contributed by atoms with E-state index in [9.17, 15) is 0 Å². The highest BCUT2D eigenvalue weighted by atomic mass is 32.2. The molecule has 0 spiro atoms. The zero-order valence-electron chi connectivity index (χ0n) is 10.0. The highest BCUT2D eigenvalue weighted by Crippen LogP contribution is 2.42. The maximum Gasteiger partial charge on any atom is 0.170 e. The summed E-state index contributed by atoms with van der Waals surface area (Å²) in [5.74, 6) is 0. The monoisotopic (exact) mass is 266 g/mol. The Hall–Kier alpha value is -0.740. The molecular weight excluding hydrogens is 248 g/mol. The van der Waals surface area contributed by atoms with Gasteiger partial charge in [0.05, 0.1) is 0 Å². The summed E-state index contributed by atoms with van der Waals surface area (Å²) in [4.78, 5) is 0. The molecule has 0 saturated heterocycles. The summed E-state index contributed by atoms with van der Waals surface area (Å²) < 4.78 is 0.419. The third-order valence-electron chi connectivity index (χ3n) is 3.30. The second-order valence-electron chi connectivity index (χ2n) is 4.41. The Morgan fingerprint density at radius 2 is 2.06 bits per heavy atom. The van der Waals surface area contributed by atoms with Crippen LogP contribution in [0.25, 0.3) is 0 Å². The van der Waals surface area contributed by atoms with Crippen LogP contribution >= 0.6 is 24.0 Å². The second-order valence-corrected chi connectivity index (χ2v) is 6.10. The number of rotatable bonds is 4. The quantitative estimate of drug-likeness (QED) is 0.817. The van der Waals surface area contributed by atoms with Gasteiger partial charge in [-0.25, -0.2) is 0 Å². The number of para-hydroxylation sites is 1. The fourth-order valence-electron chi connectivity index (χ4n) is 1.96. The minimum Gasteiger partial charge on any atom is -0.361 e. The maximum absolute atomic E-state index is 5.29. The number of anilines is 1. The van der Waals surface area contributed by atoms with Gasteiger partial charge in [0.1, 0.15) is 0 Å². The van der Waals surface area contributed by atoms with Crippen LogP contribution in [-0.4, -0.2) is 22.7 Å². The molecule has 1 aromatic rings. The van der Waals surface area contributed by atoms with E-state index in [0.717, 1.165) is 17.3 Å². The van der Waals surface area contributed by atoms with Crippen molar-refractivity contribution in [2.45, 2.75) is 24.0 Å². The second kappa shape index (κ2) is 5.74. The van der Waals surface area contributed by atoms with Crippen LogP contribution in [0.4, 0.5) is 5.69 Å². The molecule has 0 heterocycles.